The standard InChI is InChI=1S/C15H17NO2/c17-15(9-12-4-2-8-18-12)14-5-1-3-11-10-16-7-6-13(11)14/h1,3,5-7,10,12,15,17H,2,4,8-9H2. The number of ether oxygens (including phenoxy) is 1. The van der Waals surface area contributed by atoms with Gasteiger partial charge in [0, 0.05) is 30.8 Å². The SMILES string of the molecule is OC(CC1CCCO1)c1cccc2cnccc12. The molecule has 1 aromatic carbocycles. The van der Waals surface area contributed by atoms with Crippen LogP contribution in [0.5, 0.6) is 0 Å². The third kappa shape index (κ3) is 2.24. The van der Waals surface area contributed by atoms with Crippen LogP contribution < -0.4 is 0 Å². The highest BCUT2D eigenvalue weighted by Gasteiger charge is 2.21. The van der Waals surface area contributed by atoms with Crippen LogP contribution in [0.15, 0.2) is 36.7 Å². The summed E-state index contributed by atoms with van der Waals surface area (Å²) in [6.07, 6.45) is 6.19. The van der Waals surface area contributed by atoms with Crippen LogP contribution in [-0.4, -0.2) is 22.8 Å². The average molecular weight is 243 g/mol. The summed E-state index contributed by atoms with van der Waals surface area (Å²) in [7, 11) is 0. The van der Waals surface area contributed by atoms with E-state index in [2.05, 4.69) is 4.98 Å². The molecule has 3 heteroatoms. The highest BCUT2D eigenvalue weighted by molar-refractivity contribution is 5.85. The number of aliphatic hydroxyl groups excluding tert-OH is 1. The zero-order chi connectivity index (χ0) is 12.4. The summed E-state index contributed by atoms with van der Waals surface area (Å²) in [5.74, 6) is 0. The molecule has 94 valence electrons. The van der Waals surface area contributed by atoms with E-state index in [-0.39, 0.29) is 6.10 Å². The first kappa shape index (κ1) is 11.6. The number of nitrogens with zero attached hydrogens (tertiary/aromatic N) is 1. The maximum Gasteiger partial charge on any atom is 0.0820 e. The van der Waals surface area contributed by atoms with Gasteiger partial charge in [-0.3, -0.25) is 4.98 Å². The zero-order valence-electron chi connectivity index (χ0n) is 10.2. The molecule has 18 heavy (non-hydrogen) atoms. The Labute approximate surface area is 106 Å². The Hall–Kier alpha value is -1.45. The Morgan fingerprint density at radius 1 is 1.39 bits per heavy atom. The van der Waals surface area contributed by atoms with Crippen molar-refractivity contribution in [3.63, 3.8) is 0 Å². The van der Waals surface area contributed by atoms with Crippen LogP contribution in [0, 0.1) is 0 Å². The molecule has 1 N–H and O–H groups in total. The third-order valence-electron chi connectivity index (χ3n) is 3.58. The molecule has 0 saturated carbocycles. The van der Waals surface area contributed by atoms with E-state index in [4.69, 9.17) is 4.74 Å². The fourth-order valence-electron chi connectivity index (χ4n) is 2.64. The molecule has 2 atom stereocenters. The van der Waals surface area contributed by atoms with Crippen LogP contribution in [0.1, 0.15) is 30.9 Å². The van der Waals surface area contributed by atoms with Gasteiger partial charge in [-0.25, -0.2) is 0 Å². The molecule has 1 aromatic heterocycles. The van der Waals surface area contributed by atoms with Gasteiger partial charge in [0.05, 0.1) is 12.2 Å². The highest BCUT2D eigenvalue weighted by atomic mass is 16.5. The quantitative estimate of drug-likeness (QED) is 0.901. The summed E-state index contributed by atoms with van der Waals surface area (Å²) < 4.78 is 5.58. The predicted octanol–water partition coefficient (Wildman–Crippen LogP) is 2.84. The number of benzene rings is 1. The van der Waals surface area contributed by atoms with Crippen LogP contribution in [0.2, 0.25) is 0 Å². The lowest BCUT2D eigenvalue weighted by Crippen LogP contribution is -2.11. The molecular formula is C15H17NO2. The number of pyridine rings is 1. The van der Waals surface area contributed by atoms with Crippen molar-refractivity contribution in [3.8, 4) is 0 Å². The Kier molecular flexibility index (Phi) is 3.26. The van der Waals surface area contributed by atoms with Crippen molar-refractivity contribution in [2.24, 2.45) is 0 Å². The second kappa shape index (κ2) is 5.04. The summed E-state index contributed by atoms with van der Waals surface area (Å²) in [4.78, 5) is 4.11. The van der Waals surface area contributed by atoms with E-state index < -0.39 is 6.10 Å². The molecule has 2 unspecified atom stereocenters. The predicted molar refractivity (Wildman–Crippen MR) is 70.3 cm³/mol. The van der Waals surface area contributed by atoms with Crippen molar-refractivity contribution >= 4 is 10.8 Å². The summed E-state index contributed by atoms with van der Waals surface area (Å²) in [5.41, 5.74) is 0.977. The maximum atomic E-state index is 10.4. The number of rotatable bonds is 3. The van der Waals surface area contributed by atoms with Crippen LogP contribution >= 0.6 is 0 Å². The molecule has 0 bridgehead atoms. The van der Waals surface area contributed by atoms with E-state index >= 15 is 0 Å². The molecule has 0 spiro atoms. The Morgan fingerprint density at radius 3 is 3.17 bits per heavy atom. The van der Waals surface area contributed by atoms with Gasteiger partial charge in [0.1, 0.15) is 0 Å². The minimum atomic E-state index is -0.459. The molecule has 0 radical (unpaired) electrons. The van der Waals surface area contributed by atoms with Crippen molar-refractivity contribution in [1.29, 1.82) is 0 Å². The van der Waals surface area contributed by atoms with Crippen molar-refractivity contribution in [2.45, 2.75) is 31.5 Å². The maximum absolute atomic E-state index is 10.4. The van der Waals surface area contributed by atoms with Crippen molar-refractivity contribution in [3.05, 3.63) is 42.2 Å². The van der Waals surface area contributed by atoms with Gasteiger partial charge in [-0.15, -0.1) is 0 Å². The minimum Gasteiger partial charge on any atom is -0.388 e. The van der Waals surface area contributed by atoms with Gasteiger partial charge < -0.3 is 9.84 Å². The first-order valence-electron chi connectivity index (χ1n) is 6.47. The molecule has 0 aliphatic carbocycles. The van der Waals surface area contributed by atoms with Gasteiger partial charge in [0.15, 0.2) is 0 Å². The monoisotopic (exact) mass is 243 g/mol. The largest absolute Gasteiger partial charge is 0.388 e. The zero-order valence-corrected chi connectivity index (χ0v) is 10.2. The molecule has 1 aliphatic rings. The Bertz CT molecular complexity index is 530. The smallest absolute Gasteiger partial charge is 0.0820 e. The number of fused-ring (bicyclic) bond motifs is 1. The first-order chi connectivity index (χ1) is 8.84. The van der Waals surface area contributed by atoms with E-state index in [1.165, 1.54) is 0 Å². The third-order valence-corrected chi connectivity index (χ3v) is 3.58. The molecule has 1 fully saturated rings. The average Bonchev–Trinajstić information content (AvgIpc) is 2.91. The molecule has 3 nitrogen and oxygen atoms in total. The van der Waals surface area contributed by atoms with E-state index in [9.17, 15) is 5.11 Å². The Morgan fingerprint density at radius 2 is 2.33 bits per heavy atom. The second-order valence-electron chi connectivity index (χ2n) is 4.83. The fourth-order valence-corrected chi connectivity index (χ4v) is 2.64. The van der Waals surface area contributed by atoms with Gasteiger partial charge in [-0.05, 0) is 29.9 Å². The second-order valence-corrected chi connectivity index (χ2v) is 4.83. The topological polar surface area (TPSA) is 42.4 Å². The van der Waals surface area contributed by atoms with Gasteiger partial charge >= 0.3 is 0 Å². The number of aliphatic hydroxyl groups is 1. The molecule has 2 aromatic rings. The van der Waals surface area contributed by atoms with E-state index in [0.29, 0.717) is 6.42 Å². The van der Waals surface area contributed by atoms with Crippen LogP contribution in [0.4, 0.5) is 0 Å². The number of aromatic nitrogens is 1. The van der Waals surface area contributed by atoms with Gasteiger partial charge in [-0.2, -0.15) is 0 Å². The molecular weight excluding hydrogens is 226 g/mol. The lowest BCUT2D eigenvalue weighted by atomic mass is 9.97. The summed E-state index contributed by atoms with van der Waals surface area (Å²) in [5, 5.41) is 12.5. The normalized spacial score (nSPS) is 21.3. The number of hydrogen-bond acceptors (Lipinski definition) is 3. The number of hydrogen-bond donors (Lipinski definition) is 1. The van der Waals surface area contributed by atoms with E-state index in [1.807, 2.05) is 30.5 Å². The molecule has 0 amide bonds. The molecule has 2 heterocycles. The highest BCUT2D eigenvalue weighted by Crippen LogP contribution is 2.29. The van der Waals surface area contributed by atoms with Crippen molar-refractivity contribution in [1.82, 2.24) is 4.98 Å². The van der Waals surface area contributed by atoms with Crippen LogP contribution in [-0.2, 0) is 4.74 Å². The Balaban J connectivity index is 1.88. The lowest BCUT2D eigenvalue weighted by Gasteiger charge is -2.17. The van der Waals surface area contributed by atoms with Crippen LogP contribution in [0.25, 0.3) is 10.8 Å². The summed E-state index contributed by atoms with van der Waals surface area (Å²) >= 11 is 0. The van der Waals surface area contributed by atoms with E-state index in [1.54, 1.807) is 6.20 Å². The summed E-state index contributed by atoms with van der Waals surface area (Å²) in [6.45, 7) is 0.830. The molecule has 1 aliphatic heterocycles. The minimum absolute atomic E-state index is 0.206. The van der Waals surface area contributed by atoms with Gasteiger partial charge in [-0.1, -0.05) is 18.2 Å². The summed E-state index contributed by atoms with van der Waals surface area (Å²) in [6, 6.07) is 7.94. The van der Waals surface area contributed by atoms with Crippen LogP contribution in [0.3, 0.4) is 0 Å². The molecule has 3 rings (SSSR count). The fraction of sp³-hybridized carbons (Fsp3) is 0.400. The molecule has 1 saturated heterocycles. The van der Waals surface area contributed by atoms with Gasteiger partial charge in [0.2, 0.25) is 0 Å². The van der Waals surface area contributed by atoms with Crippen molar-refractivity contribution < 1.29 is 9.84 Å². The first-order valence-corrected chi connectivity index (χ1v) is 6.47. The van der Waals surface area contributed by atoms with Crippen molar-refractivity contribution in [2.75, 3.05) is 6.61 Å². The van der Waals surface area contributed by atoms with E-state index in [0.717, 1.165) is 35.8 Å². The lowest BCUT2D eigenvalue weighted by molar-refractivity contribution is 0.0540. The van der Waals surface area contributed by atoms with Gasteiger partial charge in [0.25, 0.3) is 0 Å².